The number of ether oxygens (including phenoxy) is 1. The zero-order valence-corrected chi connectivity index (χ0v) is 12.3. The normalized spacial score (nSPS) is 20.1. The maximum absolute atomic E-state index is 12.4. The fraction of sp³-hybridized carbons (Fsp3) is 0.308. The van der Waals surface area contributed by atoms with Gasteiger partial charge >= 0.3 is 0 Å². The van der Waals surface area contributed by atoms with Gasteiger partial charge in [-0.25, -0.2) is 8.42 Å². The standard InChI is InChI=1S/C13H14N2O3S2/c16-20(17,13-4-2-8-19-13)15-7-5-12(10-15)18-11-3-1-6-14-9-11/h1-4,6,8-9,12H,5,7,10H2/t12-/m1/s1. The van der Waals surface area contributed by atoms with E-state index < -0.39 is 10.0 Å². The summed E-state index contributed by atoms with van der Waals surface area (Å²) in [6.45, 7) is 0.875. The molecule has 5 nitrogen and oxygen atoms in total. The third kappa shape index (κ3) is 2.70. The Labute approximate surface area is 121 Å². The first-order valence-electron chi connectivity index (χ1n) is 6.26. The molecule has 3 rings (SSSR count). The summed E-state index contributed by atoms with van der Waals surface area (Å²) in [6, 6.07) is 7.00. The van der Waals surface area contributed by atoms with E-state index in [4.69, 9.17) is 4.74 Å². The van der Waals surface area contributed by atoms with Gasteiger partial charge in [-0.2, -0.15) is 4.31 Å². The van der Waals surface area contributed by atoms with Gasteiger partial charge in [-0.1, -0.05) is 6.07 Å². The lowest BCUT2D eigenvalue weighted by atomic mass is 10.3. The van der Waals surface area contributed by atoms with Crippen LogP contribution in [0.2, 0.25) is 0 Å². The summed E-state index contributed by atoms with van der Waals surface area (Å²) in [5.74, 6) is 0.674. The SMILES string of the molecule is O=S(=O)(c1cccs1)N1CC[C@@H](Oc2cccnc2)C1. The van der Waals surface area contributed by atoms with Crippen LogP contribution in [-0.2, 0) is 10.0 Å². The van der Waals surface area contributed by atoms with E-state index in [1.54, 1.807) is 36.0 Å². The fourth-order valence-electron chi connectivity index (χ4n) is 2.16. The molecule has 1 saturated heterocycles. The molecule has 3 heterocycles. The summed E-state index contributed by atoms with van der Waals surface area (Å²) in [7, 11) is -3.36. The van der Waals surface area contributed by atoms with Gasteiger partial charge < -0.3 is 4.74 Å². The van der Waals surface area contributed by atoms with E-state index in [9.17, 15) is 8.42 Å². The predicted octanol–water partition coefficient (Wildman–Crippen LogP) is 1.99. The molecular weight excluding hydrogens is 296 g/mol. The van der Waals surface area contributed by atoms with Gasteiger partial charge in [0.2, 0.25) is 0 Å². The van der Waals surface area contributed by atoms with Gasteiger partial charge in [0.05, 0.1) is 12.7 Å². The lowest BCUT2D eigenvalue weighted by molar-refractivity contribution is 0.215. The minimum atomic E-state index is -3.36. The van der Waals surface area contributed by atoms with Crippen molar-refractivity contribution in [3.8, 4) is 5.75 Å². The van der Waals surface area contributed by atoms with Crippen molar-refractivity contribution in [1.82, 2.24) is 9.29 Å². The number of hydrogen-bond acceptors (Lipinski definition) is 5. The number of sulfonamides is 1. The first-order valence-corrected chi connectivity index (χ1v) is 8.58. The van der Waals surface area contributed by atoms with Gasteiger partial charge in [-0.3, -0.25) is 4.98 Å². The van der Waals surface area contributed by atoms with Gasteiger partial charge in [0.25, 0.3) is 10.0 Å². The number of thiophene rings is 1. The van der Waals surface area contributed by atoms with Crippen LogP contribution in [0.5, 0.6) is 5.75 Å². The Kier molecular flexibility index (Phi) is 3.73. The van der Waals surface area contributed by atoms with Crippen LogP contribution in [0.4, 0.5) is 0 Å². The molecule has 0 aliphatic carbocycles. The Morgan fingerprint density at radius 1 is 1.35 bits per heavy atom. The minimum Gasteiger partial charge on any atom is -0.487 e. The highest BCUT2D eigenvalue weighted by Crippen LogP contribution is 2.26. The first kappa shape index (κ1) is 13.5. The lowest BCUT2D eigenvalue weighted by Gasteiger charge is -2.16. The number of rotatable bonds is 4. The monoisotopic (exact) mass is 310 g/mol. The third-order valence-electron chi connectivity index (χ3n) is 3.13. The Balaban J connectivity index is 1.68. The molecule has 1 fully saturated rings. The van der Waals surface area contributed by atoms with Crippen molar-refractivity contribution in [3.05, 3.63) is 42.0 Å². The van der Waals surface area contributed by atoms with E-state index in [1.165, 1.54) is 15.6 Å². The summed E-state index contributed by atoms with van der Waals surface area (Å²) in [6.07, 6.45) is 3.89. The summed E-state index contributed by atoms with van der Waals surface area (Å²) < 4.78 is 32.4. The van der Waals surface area contributed by atoms with E-state index in [-0.39, 0.29) is 6.10 Å². The molecule has 0 spiro atoms. The van der Waals surface area contributed by atoms with Gasteiger partial charge in [0.15, 0.2) is 0 Å². The molecule has 2 aromatic rings. The number of hydrogen-bond donors (Lipinski definition) is 0. The van der Waals surface area contributed by atoms with Crippen LogP contribution in [0.15, 0.2) is 46.2 Å². The molecule has 20 heavy (non-hydrogen) atoms. The molecule has 0 aromatic carbocycles. The molecular formula is C13H14N2O3S2. The van der Waals surface area contributed by atoms with Crippen LogP contribution in [0.1, 0.15) is 6.42 Å². The van der Waals surface area contributed by atoms with Crippen LogP contribution >= 0.6 is 11.3 Å². The zero-order chi connectivity index (χ0) is 14.0. The Morgan fingerprint density at radius 2 is 2.25 bits per heavy atom. The Morgan fingerprint density at radius 3 is 2.95 bits per heavy atom. The highest BCUT2D eigenvalue weighted by atomic mass is 32.2. The van der Waals surface area contributed by atoms with Crippen molar-refractivity contribution >= 4 is 21.4 Å². The van der Waals surface area contributed by atoms with Crippen LogP contribution in [0.25, 0.3) is 0 Å². The van der Waals surface area contributed by atoms with E-state index in [0.29, 0.717) is 29.5 Å². The maximum atomic E-state index is 12.4. The summed E-state index contributed by atoms with van der Waals surface area (Å²) in [4.78, 5) is 3.98. The number of aromatic nitrogens is 1. The maximum Gasteiger partial charge on any atom is 0.252 e. The van der Waals surface area contributed by atoms with Crippen molar-refractivity contribution in [3.63, 3.8) is 0 Å². The predicted molar refractivity (Wildman–Crippen MR) is 76.3 cm³/mol. The molecule has 0 saturated carbocycles. The molecule has 2 aromatic heterocycles. The quantitative estimate of drug-likeness (QED) is 0.866. The molecule has 1 atom stereocenters. The highest BCUT2D eigenvalue weighted by molar-refractivity contribution is 7.91. The molecule has 1 aliphatic heterocycles. The Bertz CT molecular complexity index is 656. The minimum absolute atomic E-state index is 0.117. The van der Waals surface area contributed by atoms with E-state index in [1.807, 2.05) is 6.07 Å². The van der Waals surface area contributed by atoms with Gasteiger partial charge in [0, 0.05) is 12.7 Å². The average Bonchev–Trinajstić information content (AvgIpc) is 3.11. The third-order valence-corrected chi connectivity index (χ3v) is 6.37. The zero-order valence-electron chi connectivity index (χ0n) is 10.7. The average molecular weight is 310 g/mol. The number of pyridine rings is 1. The molecule has 0 unspecified atom stereocenters. The second kappa shape index (κ2) is 5.51. The van der Waals surface area contributed by atoms with Gasteiger partial charge in [-0.15, -0.1) is 11.3 Å². The lowest BCUT2D eigenvalue weighted by Crippen LogP contribution is -2.30. The van der Waals surface area contributed by atoms with Crippen molar-refractivity contribution in [2.75, 3.05) is 13.1 Å². The molecule has 0 N–H and O–H groups in total. The van der Waals surface area contributed by atoms with E-state index in [0.717, 1.165) is 0 Å². The van der Waals surface area contributed by atoms with Crippen molar-refractivity contribution in [2.24, 2.45) is 0 Å². The second-order valence-corrected chi connectivity index (χ2v) is 7.62. The van der Waals surface area contributed by atoms with Crippen LogP contribution in [0.3, 0.4) is 0 Å². The fourth-order valence-corrected chi connectivity index (χ4v) is 4.79. The van der Waals surface area contributed by atoms with Crippen molar-refractivity contribution in [1.29, 1.82) is 0 Å². The summed E-state index contributed by atoms with van der Waals surface area (Å²) in [5, 5.41) is 1.77. The van der Waals surface area contributed by atoms with Crippen molar-refractivity contribution in [2.45, 2.75) is 16.7 Å². The highest BCUT2D eigenvalue weighted by Gasteiger charge is 2.34. The first-order chi connectivity index (χ1) is 9.66. The van der Waals surface area contributed by atoms with Gasteiger partial charge in [0.1, 0.15) is 16.1 Å². The molecule has 0 bridgehead atoms. The Hall–Kier alpha value is -1.44. The molecule has 0 radical (unpaired) electrons. The van der Waals surface area contributed by atoms with E-state index >= 15 is 0 Å². The second-order valence-electron chi connectivity index (χ2n) is 4.51. The van der Waals surface area contributed by atoms with Crippen LogP contribution < -0.4 is 4.74 Å². The molecule has 7 heteroatoms. The number of nitrogens with zero attached hydrogens (tertiary/aromatic N) is 2. The topological polar surface area (TPSA) is 59.5 Å². The molecule has 1 aliphatic rings. The van der Waals surface area contributed by atoms with Crippen LogP contribution in [-0.4, -0.2) is 36.9 Å². The van der Waals surface area contributed by atoms with E-state index in [2.05, 4.69) is 4.98 Å². The summed E-state index contributed by atoms with van der Waals surface area (Å²) >= 11 is 1.24. The molecule has 0 amide bonds. The summed E-state index contributed by atoms with van der Waals surface area (Å²) in [5.41, 5.74) is 0. The molecule has 106 valence electrons. The smallest absolute Gasteiger partial charge is 0.252 e. The largest absolute Gasteiger partial charge is 0.487 e. The van der Waals surface area contributed by atoms with Crippen LogP contribution in [0, 0.1) is 0 Å². The van der Waals surface area contributed by atoms with Gasteiger partial charge in [-0.05, 0) is 30.0 Å². The van der Waals surface area contributed by atoms with Crippen molar-refractivity contribution < 1.29 is 13.2 Å².